The molecular weight excluding hydrogens is 370 g/mol. The Hall–Kier alpha value is -2.82. The minimum absolute atomic E-state index is 0.226. The number of rotatable bonds is 7. The number of ether oxygens (including phenoxy) is 1. The van der Waals surface area contributed by atoms with Gasteiger partial charge in [0, 0.05) is 46.0 Å². The van der Waals surface area contributed by atoms with Crippen molar-refractivity contribution < 1.29 is 4.74 Å². The summed E-state index contributed by atoms with van der Waals surface area (Å²) in [6.07, 6.45) is 0. The van der Waals surface area contributed by atoms with E-state index in [1.54, 1.807) is 0 Å². The van der Waals surface area contributed by atoms with Crippen molar-refractivity contribution in [2.75, 3.05) is 45.2 Å². The van der Waals surface area contributed by atoms with Crippen molar-refractivity contribution >= 4 is 5.69 Å². The largest absolute Gasteiger partial charge is 0.489 e. The molecule has 1 saturated heterocycles. The highest BCUT2D eigenvalue weighted by Crippen LogP contribution is 2.32. The molecule has 0 aliphatic carbocycles. The van der Waals surface area contributed by atoms with Gasteiger partial charge in [0.05, 0.1) is 6.04 Å². The number of nitrogens with one attached hydrogen (secondary N) is 1. The zero-order valence-corrected chi connectivity index (χ0v) is 17.9. The lowest BCUT2D eigenvalue weighted by Crippen LogP contribution is -2.45. The Balaban J connectivity index is 1.59. The average Bonchev–Trinajstić information content (AvgIpc) is 2.80. The van der Waals surface area contributed by atoms with Gasteiger partial charge in [0.15, 0.2) is 0 Å². The molecule has 0 bridgehead atoms. The third kappa shape index (κ3) is 5.02. The topological polar surface area (TPSA) is 27.7 Å². The number of nitrogens with zero attached hydrogens (tertiary/aromatic N) is 2. The highest BCUT2D eigenvalue weighted by molar-refractivity contribution is 5.48. The van der Waals surface area contributed by atoms with Gasteiger partial charge in [0.1, 0.15) is 12.4 Å². The number of anilines is 1. The molecule has 4 rings (SSSR count). The molecule has 30 heavy (non-hydrogen) atoms. The first-order valence-corrected chi connectivity index (χ1v) is 10.7. The zero-order valence-electron chi connectivity index (χ0n) is 17.9. The lowest BCUT2D eigenvalue weighted by atomic mass is 9.96. The second-order valence-corrected chi connectivity index (χ2v) is 8.02. The molecule has 1 atom stereocenters. The van der Waals surface area contributed by atoms with Gasteiger partial charge in [-0.1, -0.05) is 54.6 Å². The van der Waals surface area contributed by atoms with E-state index in [9.17, 15) is 0 Å². The maximum atomic E-state index is 6.12. The molecule has 3 aromatic rings. The predicted octanol–water partition coefficient (Wildman–Crippen LogP) is 4.33. The van der Waals surface area contributed by atoms with Crippen LogP contribution in [0.2, 0.25) is 0 Å². The number of benzene rings is 3. The molecule has 4 nitrogen and oxygen atoms in total. The van der Waals surface area contributed by atoms with Gasteiger partial charge < -0.3 is 15.0 Å². The van der Waals surface area contributed by atoms with Crippen LogP contribution in [-0.4, -0.2) is 45.2 Å². The second-order valence-electron chi connectivity index (χ2n) is 8.02. The summed E-state index contributed by atoms with van der Waals surface area (Å²) in [5, 5.41) is 3.47. The minimum atomic E-state index is 0.226. The molecule has 0 saturated carbocycles. The number of hydrogen-bond acceptors (Lipinski definition) is 4. The average molecular weight is 402 g/mol. The molecule has 1 heterocycles. The summed E-state index contributed by atoms with van der Waals surface area (Å²) in [6, 6.07) is 28.1. The molecule has 4 heteroatoms. The maximum Gasteiger partial charge on any atom is 0.120 e. The van der Waals surface area contributed by atoms with Gasteiger partial charge in [-0.25, -0.2) is 0 Å². The van der Waals surface area contributed by atoms with Gasteiger partial charge in [-0.2, -0.15) is 0 Å². The van der Waals surface area contributed by atoms with Crippen LogP contribution in [0.3, 0.4) is 0 Å². The molecule has 0 radical (unpaired) electrons. The first-order valence-electron chi connectivity index (χ1n) is 10.7. The first-order chi connectivity index (χ1) is 14.7. The maximum absolute atomic E-state index is 6.12. The molecular formula is C26H31N3O. The van der Waals surface area contributed by atoms with E-state index in [1.165, 1.54) is 22.4 Å². The first kappa shape index (κ1) is 20.5. The Morgan fingerprint density at radius 1 is 0.867 bits per heavy atom. The summed E-state index contributed by atoms with van der Waals surface area (Å²) in [5.41, 5.74) is 5.00. The van der Waals surface area contributed by atoms with Crippen LogP contribution in [0.4, 0.5) is 5.69 Å². The second kappa shape index (κ2) is 9.79. The van der Waals surface area contributed by atoms with Crippen molar-refractivity contribution in [3.63, 3.8) is 0 Å². The van der Waals surface area contributed by atoms with Crippen molar-refractivity contribution in [1.82, 2.24) is 10.2 Å². The van der Waals surface area contributed by atoms with E-state index in [-0.39, 0.29) is 6.04 Å². The number of hydrogen-bond donors (Lipinski definition) is 1. The molecule has 0 spiro atoms. The molecule has 0 amide bonds. The molecule has 1 N–H and O–H groups in total. The van der Waals surface area contributed by atoms with Crippen molar-refractivity contribution in [3.8, 4) is 5.75 Å². The summed E-state index contributed by atoms with van der Waals surface area (Å²) < 4.78 is 6.12. The van der Waals surface area contributed by atoms with Crippen molar-refractivity contribution in [3.05, 3.63) is 95.6 Å². The third-order valence-electron chi connectivity index (χ3n) is 5.66. The van der Waals surface area contributed by atoms with Gasteiger partial charge in [0.2, 0.25) is 0 Å². The Morgan fingerprint density at radius 2 is 1.60 bits per heavy atom. The summed E-state index contributed by atoms with van der Waals surface area (Å²) in [5.74, 6) is 0.918. The van der Waals surface area contributed by atoms with E-state index in [4.69, 9.17) is 4.74 Å². The van der Waals surface area contributed by atoms with Gasteiger partial charge in [-0.15, -0.1) is 0 Å². The van der Waals surface area contributed by atoms with Crippen LogP contribution >= 0.6 is 0 Å². The normalized spacial score (nSPS) is 15.5. The molecule has 3 aromatic carbocycles. The van der Waals surface area contributed by atoms with Gasteiger partial charge >= 0.3 is 0 Å². The standard InChI is InChI=1S/C26H31N3O/c1-28(2)24-13-11-22(12-14-24)26(29-17-15-27-16-18-29)23-9-6-10-25(19-23)30-20-21-7-4-3-5-8-21/h3-14,19,26-27H,15-18,20H2,1-2H3. The van der Waals surface area contributed by atoms with Crippen LogP contribution in [-0.2, 0) is 6.61 Å². The Kier molecular flexibility index (Phi) is 6.67. The van der Waals surface area contributed by atoms with E-state index < -0.39 is 0 Å². The number of piperazine rings is 1. The van der Waals surface area contributed by atoms with Crippen molar-refractivity contribution in [2.24, 2.45) is 0 Å². The van der Waals surface area contributed by atoms with Crippen LogP contribution in [0.15, 0.2) is 78.9 Å². The molecule has 1 fully saturated rings. The summed E-state index contributed by atoms with van der Waals surface area (Å²) in [6.45, 7) is 4.71. The van der Waals surface area contributed by atoms with E-state index in [0.29, 0.717) is 6.61 Å². The van der Waals surface area contributed by atoms with E-state index in [0.717, 1.165) is 31.9 Å². The van der Waals surface area contributed by atoms with Crippen LogP contribution in [0.1, 0.15) is 22.7 Å². The molecule has 1 aliphatic heterocycles. The van der Waals surface area contributed by atoms with Crippen molar-refractivity contribution in [2.45, 2.75) is 12.6 Å². The van der Waals surface area contributed by atoms with Gasteiger partial charge in [-0.3, -0.25) is 4.90 Å². The Labute approximate surface area is 180 Å². The van der Waals surface area contributed by atoms with E-state index >= 15 is 0 Å². The lowest BCUT2D eigenvalue weighted by molar-refractivity contribution is 0.198. The third-order valence-corrected chi connectivity index (χ3v) is 5.66. The predicted molar refractivity (Wildman–Crippen MR) is 124 cm³/mol. The molecule has 0 aromatic heterocycles. The lowest BCUT2D eigenvalue weighted by Gasteiger charge is -2.36. The molecule has 1 aliphatic rings. The van der Waals surface area contributed by atoms with E-state index in [2.05, 4.69) is 89.9 Å². The molecule has 156 valence electrons. The Bertz CT molecular complexity index is 919. The summed E-state index contributed by atoms with van der Waals surface area (Å²) in [4.78, 5) is 4.71. The molecule has 1 unspecified atom stereocenters. The minimum Gasteiger partial charge on any atom is -0.489 e. The van der Waals surface area contributed by atoms with Gasteiger partial charge in [-0.05, 0) is 41.0 Å². The fourth-order valence-electron chi connectivity index (χ4n) is 4.02. The fourth-order valence-corrected chi connectivity index (χ4v) is 4.02. The zero-order chi connectivity index (χ0) is 20.8. The Morgan fingerprint density at radius 3 is 2.30 bits per heavy atom. The highest BCUT2D eigenvalue weighted by atomic mass is 16.5. The quantitative estimate of drug-likeness (QED) is 0.638. The smallest absolute Gasteiger partial charge is 0.120 e. The van der Waals surface area contributed by atoms with Gasteiger partial charge in [0.25, 0.3) is 0 Å². The van der Waals surface area contributed by atoms with Crippen LogP contribution < -0.4 is 15.0 Å². The van der Waals surface area contributed by atoms with Crippen LogP contribution in [0, 0.1) is 0 Å². The SMILES string of the molecule is CN(C)c1ccc(C(c2cccc(OCc3ccccc3)c2)N2CCNCC2)cc1. The van der Waals surface area contributed by atoms with E-state index in [1.807, 2.05) is 18.2 Å². The van der Waals surface area contributed by atoms with Crippen LogP contribution in [0.5, 0.6) is 5.75 Å². The summed E-state index contributed by atoms with van der Waals surface area (Å²) >= 11 is 0. The fraction of sp³-hybridized carbons (Fsp3) is 0.308. The monoisotopic (exact) mass is 401 g/mol. The van der Waals surface area contributed by atoms with Crippen molar-refractivity contribution in [1.29, 1.82) is 0 Å². The highest BCUT2D eigenvalue weighted by Gasteiger charge is 2.24. The summed E-state index contributed by atoms with van der Waals surface area (Å²) in [7, 11) is 4.16. The van der Waals surface area contributed by atoms with Crippen LogP contribution in [0.25, 0.3) is 0 Å².